The van der Waals surface area contributed by atoms with Crippen molar-refractivity contribution in [1.82, 2.24) is 20.2 Å². The van der Waals surface area contributed by atoms with Crippen LogP contribution in [-0.4, -0.2) is 36.4 Å². The van der Waals surface area contributed by atoms with Gasteiger partial charge in [0.05, 0.1) is 10.9 Å². The van der Waals surface area contributed by atoms with Crippen molar-refractivity contribution >= 4 is 17.5 Å². The smallest absolute Gasteiger partial charge is 0.214 e. The lowest BCUT2D eigenvalue weighted by Crippen LogP contribution is -2.14. The summed E-state index contributed by atoms with van der Waals surface area (Å²) in [6.45, 7) is 0. The van der Waals surface area contributed by atoms with E-state index >= 15 is 0 Å². The fourth-order valence-electron chi connectivity index (χ4n) is 2.74. The maximum atomic E-state index is 9.41. The molecule has 1 unspecified atom stereocenters. The molecule has 1 atom stereocenters. The minimum atomic E-state index is -0.00846. The van der Waals surface area contributed by atoms with E-state index in [0.717, 1.165) is 17.7 Å². The van der Waals surface area contributed by atoms with E-state index in [2.05, 4.69) is 26.7 Å². The molecule has 0 spiro atoms. The van der Waals surface area contributed by atoms with Gasteiger partial charge in [0.1, 0.15) is 5.71 Å². The number of aromatic nitrogens is 4. The molecule has 0 aliphatic heterocycles. The van der Waals surface area contributed by atoms with Crippen molar-refractivity contribution in [3.8, 4) is 5.69 Å². The highest BCUT2D eigenvalue weighted by Gasteiger charge is 2.31. The average Bonchev–Trinajstić information content (AvgIpc) is 3.19. The van der Waals surface area contributed by atoms with Gasteiger partial charge in [0.15, 0.2) is 0 Å². The molecule has 6 nitrogen and oxygen atoms in total. The number of tetrazole rings is 1. The maximum absolute atomic E-state index is 9.41. The molecule has 0 fully saturated rings. The number of rotatable bonds is 3. The van der Waals surface area contributed by atoms with Crippen molar-refractivity contribution in [3.63, 3.8) is 0 Å². The Bertz CT molecular complexity index is 862. The minimum Gasteiger partial charge on any atom is -0.411 e. The first-order valence-electron chi connectivity index (χ1n) is 7.17. The van der Waals surface area contributed by atoms with Crippen molar-refractivity contribution < 1.29 is 5.21 Å². The van der Waals surface area contributed by atoms with E-state index in [4.69, 9.17) is 0 Å². The summed E-state index contributed by atoms with van der Waals surface area (Å²) in [5.74, 6) is 0. The quantitative estimate of drug-likeness (QED) is 0.592. The third-order valence-corrected chi connectivity index (χ3v) is 4.94. The van der Waals surface area contributed by atoms with Crippen molar-refractivity contribution in [2.24, 2.45) is 5.16 Å². The number of fused-ring (bicyclic) bond motifs is 1. The Hall–Kier alpha value is -2.67. The Kier molecular flexibility index (Phi) is 3.55. The fraction of sp³-hybridized carbons (Fsp3) is 0.125. The molecule has 114 valence electrons. The second-order valence-corrected chi connectivity index (χ2v) is 6.33. The van der Waals surface area contributed by atoms with E-state index in [1.807, 2.05) is 48.5 Å². The first-order valence-corrected chi connectivity index (χ1v) is 8.05. The van der Waals surface area contributed by atoms with Crippen molar-refractivity contribution in [1.29, 1.82) is 0 Å². The van der Waals surface area contributed by atoms with Gasteiger partial charge in [0.25, 0.3) is 0 Å². The van der Waals surface area contributed by atoms with E-state index in [1.165, 1.54) is 17.3 Å². The van der Waals surface area contributed by atoms with Crippen molar-refractivity contribution in [3.05, 3.63) is 65.7 Å². The van der Waals surface area contributed by atoms with Gasteiger partial charge in [-0.25, -0.2) is 0 Å². The molecule has 3 aromatic rings. The molecular formula is C16H13N5OS. The van der Waals surface area contributed by atoms with Crippen LogP contribution in [0.1, 0.15) is 11.1 Å². The zero-order valence-corrected chi connectivity index (χ0v) is 12.9. The number of benzene rings is 2. The molecule has 1 N–H and O–H groups in total. The van der Waals surface area contributed by atoms with Crippen LogP contribution in [0, 0.1) is 0 Å². The third kappa shape index (κ3) is 2.49. The van der Waals surface area contributed by atoms with Gasteiger partial charge in [-0.3, -0.25) is 0 Å². The molecule has 23 heavy (non-hydrogen) atoms. The summed E-state index contributed by atoms with van der Waals surface area (Å²) in [5.41, 5.74) is 3.74. The second-order valence-electron chi connectivity index (χ2n) is 5.16. The Labute approximate surface area is 136 Å². The zero-order chi connectivity index (χ0) is 15.6. The first kappa shape index (κ1) is 14.0. The molecule has 1 aromatic heterocycles. The summed E-state index contributed by atoms with van der Waals surface area (Å²) in [7, 11) is 0. The van der Waals surface area contributed by atoms with Gasteiger partial charge in [-0.05, 0) is 34.5 Å². The van der Waals surface area contributed by atoms with Crippen LogP contribution in [0.4, 0.5) is 0 Å². The SMILES string of the molecule is O/N=C1\c2ccccc2CC1Sc1nnnn1-c1ccccc1. The third-order valence-electron chi connectivity index (χ3n) is 3.80. The fourth-order valence-corrected chi connectivity index (χ4v) is 3.87. The Morgan fingerprint density at radius 1 is 1.09 bits per heavy atom. The predicted octanol–water partition coefficient (Wildman–Crippen LogP) is 2.56. The summed E-state index contributed by atoms with van der Waals surface area (Å²) in [6, 6.07) is 17.7. The van der Waals surface area contributed by atoms with Gasteiger partial charge in [0.2, 0.25) is 5.16 Å². The Morgan fingerprint density at radius 2 is 1.87 bits per heavy atom. The summed E-state index contributed by atoms with van der Waals surface area (Å²) in [6.07, 6.45) is 0.794. The minimum absolute atomic E-state index is 0.00846. The van der Waals surface area contributed by atoms with Crippen LogP contribution in [0.5, 0.6) is 0 Å². The van der Waals surface area contributed by atoms with Gasteiger partial charge in [-0.1, -0.05) is 59.4 Å². The van der Waals surface area contributed by atoms with E-state index in [0.29, 0.717) is 10.9 Å². The maximum Gasteiger partial charge on any atom is 0.214 e. The normalized spacial score (nSPS) is 18.3. The number of hydrogen-bond donors (Lipinski definition) is 1. The van der Waals surface area contributed by atoms with Crippen molar-refractivity contribution in [2.75, 3.05) is 0 Å². The highest BCUT2D eigenvalue weighted by Crippen LogP contribution is 2.34. The second kappa shape index (κ2) is 5.85. The van der Waals surface area contributed by atoms with Crippen LogP contribution in [0.3, 0.4) is 0 Å². The number of hydrogen-bond acceptors (Lipinski definition) is 6. The number of oxime groups is 1. The van der Waals surface area contributed by atoms with Gasteiger partial charge in [-0.2, -0.15) is 4.68 Å². The molecule has 0 radical (unpaired) electrons. The van der Waals surface area contributed by atoms with Gasteiger partial charge in [-0.15, -0.1) is 5.10 Å². The molecule has 0 saturated heterocycles. The van der Waals surface area contributed by atoms with Crippen LogP contribution in [0.2, 0.25) is 0 Å². The molecule has 1 aliphatic carbocycles. The van der Waals surface area contributed by atoms with Gasteiger partial charge in [0, 0.05) is 5.56 Å². The molecule has 7 heteroatoms. The Balaban J connectivity index is 1.65. The van der Waals surface area contributed by atoms with Crippen LogP contribution in [0.25, 0.3) is 5.69 Å². The molecule has 2 aromatic carbocycles. The predicted molar refractivity (Wildman–Crippen MR) is 87.3 cm³/mol. The monoisotopic (exact) mass is 323 g/mol. The lowest BCUT2D eigenvalue weighted by Gasteiger charge is -2.09. The summed E-state index contributed by atoms with van der Waals surface area (Å²) in [4.78, 5) is 0. The molecule has 0 saturated carbocycles. The topological polar surface area (TPSA) is 76.2 Å². The van der Waals surface area contributed by atoms with E-state index in [-0.39, 0.29) is 5.25 Å². The molecular weight excluding hydrogens is 310 g/mol. The molecule has 0 amide bonds. The first-order chi connectivity index (χ1) is 11.4. The van der Waals surface area contributed by atoms with Gasteiger partial charge < -0.3 is 5.21 Å². The molecule has 1 heterocycles. The molecule has 4 rings (SSSR count). The van der Waals surface area contributed by atoms with Gasteiger partial charge >= 0.3 is 0 Å². The van der Waals surface area contributed by atoms with E-state index in [9.17, 15) is 5.21 Å². The number of para-hydroxylation sites is 1. The molecule has 1 aliphatic rings. The Morgan fingerprint density at radius 3 is 2.70 bits per heavy atom. The zero-order valence-electron chi connectivity index (χ0n) is 12.1. The average molecular weight is 323 g/mol. The van der Waals surface area contributed by atoms with Crippen LogP contribution in [0.15, 0.2) is 64.9 Å². The van der Waals surface area contributed by atoms with Crippen LogP contribution < -0.4 is 0 Å². The number of thioether (sulfide) groups is 1. The largest absolute Gasteiger partial charge is 0.411 e. The highest BCUT2D eigenvalue weighted by atomic mass is 32.2. The van der Waals surface area contributed by atoms with E-state index < -0.39 is 0 Å². The van der Waals surface area contributed by atoms with Crippen LogP contribution in [-0.2, 0) is 6.42 Å². The molecule has 0 bridgehead atoms. The number of nitrogens with zero attached hydrogens (tertiary/aromatic N) is 5. The van der Waals surface area contributed by atoms with E-state index in [1.54, 1.807) is 4.68 Å². The lowest BCUT2D eigenvalue weighted by molar-refractivity contribution is 0.318. The standard InChI is InChI=1S/C16H13N5OS/c22-18-15-13-9-5-4-6-11(13)10-14(15)23-16-17-19-20-21(16)12-7-2-1-3-8-12/h1-9,14,22H,10H2/b18-15+. The van der Waals surface area contributed by atoms with Crippen molar-refractivity contribution in [2.45, 2.75) is 16.8 Å². The summed E-state index contributed by atoms with van der Waals surface area (Å²) < 4.78 is 1.70. The van der Waals surface area contributed by atoms with Crippen LogP contribution >= 0.6 is 11.8 Å². The summed E-state index contributed by atoms with van der Waals surface area (Å²) >= 11 is 1.50. The highest BCUT2D eigenvalue weighted by molar-refractivity contribution is 8.00. The lowest BCUT2D eigenvalue weighted by atomic mass is 10.1. The summed E-state index contributed by atoms with van der Waals surface area (Å²) in [5, 5.41) is 25.6.